The standard InChI is InChI=1S/2C15H12O2.Pt/c2*16-14(12-7-3-1-4-8-12)11-15(17)13-9-5-2-6-10-13;/h2*1-10H,11H2;. The summed E-state index contributed by atoms with van der Waals surface area (Å²) in [6.45, 7) is 0. The zero-order chi connectivity index (χ0) is 24.2. The summed E-state index contributed by atoms with van der Waals surface area (Å²) in [5.74, 6) is -0.558. The van der Waals surface area contributed by atoms with Gasteiger partial charge in [-0.05, 0) is 0 Å². The molecule has 0 radical (unpaired) electrons. The van der Waals surface area contributed by atoms with Crippen LogP contribution in [-0.4, -0.2) is 23.1 Å². The molecule has 0 heterocycles. The molecule has 0 fully saturated rings. The van der Waals surface area contributed by atoms with Crippen molar-refractivity contribution < 1.29 is 40.2 Å². The summed E-state index contributed by atoms with van der Waals surface area (Å²) in [5, 5.41) is 0. The van der Waals surface area contributed by atoms with Gasteiger partial charge in [-0.25, -0.2) is 0 Å². The number of carbonyl (C=O) groups excluding carboxylic acids is 4. The van der Waals surface area contributed by atoms with Gasteiger partial charge in [0.1, 0.15) is 0 Å². The van der Waals surface area contributed by atoms with Crippen molar-refractivity contribution in [1.82, 2.24) is 0 Å². The second-order valence-corrected chi connectivity index (χ2v) is 7.51. The maximum atomic E-state index is 11.8. The van der Waals surface area contributed by atoms with Crippen molar-refractivity contribution in [3.8, 4) is 0 Å². The number of hydrogen-bond donors (Lipinski definition) is 0. The first kappa shape index (κ1) is 27.5. The predicted molar refractivity (Wildman–Crippen MR) is 132 cm³/mol. The van der Waals surface area contributed by atoms with Gasteiger partial charge in [0, 0.05) is 43.3 Å². The summed E-state index contributed by atoms with van der Waals surface area (Å²) >= 11 is 0. The Morgan fingerprint density at radius 2 is 0.514 bits per heavy atom. The van der Waals surface area contributed by atoms with E-state index in [9.17, 15) is 19.2 Å². The summed E-state index contributed by atoms with van der Waals surface area (Å²) in [7, 11) is 0. The number of ketones is 4. The number of rotatable bonds is 8. The molecule has 4 aromatic carbocycles. The van der Waals surface area contributed by atoms with Gasteiger partial charge < -0.3 is 0 Å². The molecule has 0 aliphatic carbocycles. The van der Waals surface area contributed by atoms with E-state index in [1.54, 1.807) is 97.1 Å². The Bertz CT molecular complexity index is 1040. The van der Waals surface area contributed by atoms with Gasteiger partial charge in [0.15, 0.2) is 23.1 Å². The Labute approximate surface area is 219 Å². The van der Waals surface area contributed by atoms with Gasteiger partial charge in [-0.1, -0.05) is 121 Å². The van der Waals surface area contributed by atoms with E-state index in [0.717, 1.165) is 0 Å². The molecule has 0 saturated heterocycles. The van der Waals surface area contributed by atoms with E-state index in [1.807, 2.05) is 24.3 Å². The molecule has 0 saturated carbocycles. The fourth-order valence-corrected chi connectivity index (χ4v) is 3.20. The Kier molecular flexibility index (Phi) is 11.4. The van der Waals surface area contributed by atoms with E-state index in [2.05, 4.69) is 0 Å². The van der Waals surface area contributed by atoms with E-state index in [0.29, 0.717) is 22.3 Å². The molecule has 5 heteroatoms. The van der Waals surface area contributed by atoms with Gasteiger partial charge in [-0.2, -0.15) is 0 Å². The van der Waals surface area contributed by atoms with Crippen LogP contribution in [-0.2, 0) is 21.1 Å². The molecular formula is C30H24O4Pt. The van der Waals surface area contributed by atoms with E-state index in [-0.39, 0.29) is 57.0 Å². The van der Waals surface area contributed by atoms with Crippen LogP contribution in [0.2, 0.25) is 0 Å². The third-order valence-corrected chi connectivity index (χ3v) is 5.03. The molecule has 178 valence electrons. The zero-order valence-electron chi connectivity index (χ0n) is 18.9. The maximum Gasteiger partial charge on any atom is 0.170 e. The quantitative estimate of drug-likeness (QED) is 0.168. The van der Waals surface area contributed by atoms with E-state index in [4.69, 9.17) is 0 Å². The van der Waals surface area contributed by atoms with Gasteiger partial charge in [0.2, 0.25) is 0 Å². The molecule has 4 rings (SSSR count). The minimum Gasteiger partial charge on any atom is -0.294 e. The SMILES string of the molecule is O=C(CC(=O)c1ccccc1)c1ccccc1.O=C(CC(=O)c1ccccc1)c1ccccc1.[Pt]. The first-order chi connectivity index (χ1) is 16.5. The summed E-state index contributed by atoms with van der Waals surface area (Å²) in [4.78, 5) is 47.2. The third kappa shape index (κ3) is 8.84. The van der Waals surface area contributed by atoms with Crippen LogP contribution in [0.4, 0.5) is 0 Å². The van der Waals surface area contributed by atoms with Gasteiger partial charge in [-0.15, -0.1) is 0 Å². The smallest absolute Gasteiger partial charge is 0.170 e. The zero-order valence-corrected chi connectivity index (χ0v) is 21.2. The topological polar surface area (TPSA) is 68.3 Å². The second kappa shape index (κ2) is 14.5. The Balaban J connectivity index is 0.000000240. The number of benzene rings is 4. The van der Waals surface area contributed by atoms with Crippen molar-refractivity contribution in [1.29, 1.82) is 0 Å². The van der Waals surface area contributed by atoms with Gasteiger partial charge in [0.05, 0.1) is 12.8 Å². The summed E-state index contributed by atoms with van der Waals surface area (Å²) in [6, 6.07) is 35.5. The Morgan fingerprint density at radius 1 is 0.343 bits per heavy atom. The van der Waals surface area contributed by atoms with Crippen molar-refractivity contribution in [3.63, 3.8) is 0 Å². The van der Waals surface area contributed by atoms with Crippen molar-refractivity contribution in [2.45, 2.75) is 12.8 Å². The van der Waals surface area contributed by atoms with Crippen LogP contribution in [0.1, 0.15) is 54.3 Å². The molecule has 0 aliphatic rings. The van der Waals surface area contributed by atoms with Crippen LogP contribution in [0.25, 0.3) is 0 Å². The summed E-state index contributed by atoms with van der Waals surface area (Å²) in [6.07, 6.45) is -0.151. The van der Waals surface area contributed by atoms with Crippen LogP contribution in [0.5, 0.6) is 0 Å². The summed E-state index contributed by atoms with van der Waals surface area (Å²) in [5.41, 5.74) is 2.32. The molecule has 0 bridgehead atoms. The van der Waals surface area contributed by atoms with Crippen molar-refractivity contribution >= 4 is 23.1 Å². The normalized spacial score (nSPS) is 9.60. The number of hydrogen-bond acceptors (Lipinski definition) is 4. The van der Waals surface area contributed by atoms with Crippen LogP contribution in [0.3, 0.4) is 0 Å². The Morgan fingerprint density at radius 3 is 0.686 bits per heavy atom. The average Bonchev–Trinajstić information content (AvgIpc) is 2.91. The fourth-order valence-electron chi connectivity index (χ4n) is 3.20. The van der Waals surface area contributed by atoms with Crippen LogP contribution in [0.15, 0.2) is 121 Å². The third-order valence-electron chi connectivity index (χ3n) is 5.03. The summed E-state index contributed by atoms with van der Waals surface area (Å²) < 4.78 is 0. The predicted octanol–water partition coefficient (Wildman–Crippen LogP) is 6.28. The largest absolute Gasteiger partial charge is 0.294 e. The van der Waals surface area contributed by atoms with Crippen molar-refractivity contribution in [2.24, 2.45) is 0 Å². The fraction of sp³-hybridized carbons (Fsp3) is 0.0667. The molecule has 0 atom stereocenters. The monoisotopic (exact) mass is 643 g/mol. The molecule has 0 aromatic heterocycles. The molecule has 0 unspecified atom stereocenters. The van der Waals surface area contributed by atoms with Crippen LogP contribution >= 0.6 is 0 Å². The van der Waals surface area contributed by atoms with Crippen LogP contribution in [0, 0.1) is 0 Å². The average molecular weight is 644 g/mol. The molecule has 0 amide bonds. The van der Waals surface area contributed by atoms with Gasteiger partial charge >= 0.3 is 0 Å². The Hall–Kier alpha value is -3.75. The van der Waals surface area contributed by atoms with Crippen molar-refractivity contribution in [2.75, 3.05) is 0 Å². The molecule has 4 nitrogen and oxygen atoms in total. The minimum absolute atomic E-state index is 0. The molecule has 0 spiro atoms. The molecule has 0 aliphatic heterocycles. The number of carbonyl (C=O) groups is 4. The number of Topliss-reactive ketones (excluding diaryl/α,β-unsaturated/α-hetero) is 4. The molecule has 35 heavy (non-hydrogen) atoms. The molecule has 4 aromatic rings. The first-order valence-corrected chi connectivity index (χ1v) is 10.9. The minimum atomic E-state index is -0.139. The molecular weight excluding hydrogens is 619 g/mol. The first-order valence-electron chi connectivity index (χ1n) is 10.9. The van der Waals surface area contributed by atoms with Crippen molar-refractivity contribution in [3.05, 3.63) is 144 Å². The van der Waals surface area contributed by atoms with E-state index < -0.39 is 0 Å². The van der Waals surface area contributed by atoms with Crippen LogP contribution < -0.4 is 0 Å². The van der Waals surface area contributed by atoms with E-state index >= 15 is 0 Å². The van der Waals surface area contributed by atoms with Gasteiger partial charge in [0.25, 0.3) is 0 Å². The maximum absolute atomic E-state index is 11.8. The van der Waals surface area contributed by atoms with E-state index in [1.165, 1.54) is 0 Å². The second-order valence-electron chi connectivity index (χ2n) is 7.51. The van der Waals surface area contributed by atoms with Gasteiger partial charge in [-0.3, -0.25) is 19.2 Å². The molecule has 0 N–H and O–H groups in total.